The number of hydrogen-bond acceptors (Lipinski definition) is 8. The standard InChI is InChI=1S/C25H29F3N8O/c1-15-4-7-35(12-23(27)28)24-21(30-15)3-2-19(31-24)17-5-9-36-22(17)10-29-25(33-36)32-20-6-8-34(11-18(20)26)16-13-37-14-16/h2-3,5,9-10,16,18,20,23H,4,6-8,11-14H2,1H3,(H,32,33)/t18-,20+/m0/s1. The number of ether oxygens (including phenoxy) is 1. The minimum atomic E-state index is -2.48. The highest BCUT2D eigenvalue weighted by atomic mass is 19.3. The average Bonchev–Trinajstić information content (AvgIpc) is 3.19. The fourth-order valence-electron chi connectivity index (χ4n) is 5.13. The molecular formula is C25H29F3N8O. The maximum Gasteiger partial charge on any atom is 0.255 e. The van der Waals surface area contributed by atoms with Gasteiger partial charge in [0.1, 0.15) is 11.9 Å². The van der Waals surface area contributed by atoms with Gasteiger partial charge in [-0.2, -0.15) is 0 Å². The summed E-state index contributed by atoms with van der Waals surface area (Å²) in [7, 11) is 0. The van der Waals surface area contributed by atoms with Crippen LogP contribution < -0.4 is 10.2 Å². The van der Waals surface area contributed by atoms with Crippen LogP contribution in [0.3, 0.4) is 0 Å². The first-order valence-corrected chi connectivity index (χ1v) is 12.6. The van der Waals surface area contributed by atoms with E-state index in [0.29, 0.717) is 73.9 Å². The Morgan fingerprint density at radius 2 is 2.05 bits per heavy atom. The summed E-state index contributed by atoms with van der Waals surface area (Å²) >= 11 is 0. The van der Waals surface area contributed by atoms with Crippen molar-refractivity contribution >= 4 is 28.7 Å². The lowest BCUT2D eigenvalue weighted by molar-refractivity contribution is -0.0794. The zero-order valence-corrected chi connectivity index (χ0v) is 20.5. The molecule has 6 heterocycles. The third kappa shape index (κ3) is 4.87. The predicted molar refractivity (Wildman–Crippen MR) is 135 cm³/mol. The van der Waals surface area contributed by atoms with E-state index >= 15 is 0 Å². The molecule has 2 saturated heterocycles. The molecule has 0 spiro atoms. The zero-order chi connectivity index (χ0) is 25.5. The van der Waals surface area contributed by atoms with Crippen LogP contribution in [-0.2, 0) is 4.74 Å². The summed E-state index contributed by atoms with van der Waals surface area (Å²) in [5, 5.41) is 7.69. The van der Waals surface area contributed by atoms with Crippen LogP contribution in [0.15, 0.2) is 35.6 Å². The molecule has 0 saturated carbocycles. The number of aromatic nitrogens is 4. The molecule has 196 valence electrons. The van der Waals surface area contributed by atoms with Crippen LogP contribution >= 0.6 is 0 Å². The monoisotopic (exact) mass is 514 g/mol. The Morgan fingerprint density at radius 1 is 1.19 bits per heavy atom. The highest BCUT2D eigenvalue weighted by Gasteiger charge is 2.35. The van der Waals surface area contributed by atoms with Crippen molar-refractivity contribution in [3.05, 3.63) is 30.6 Å². The molecule has 0 bridgehead atoms. The van der Waals surface area contributed by atoms with E-state index in [1.807, 2.05) is 25.1 Å². The summed E-state index contributed by atoms with van der Waals surface area (Å²) in [6.45, 7) is 4.46. The second-order valence-corrected chi connectivity index (χ2v) is 9.86. The number of aliphatic imine (C=N–C) groups is 1. The summed E-state index contributed by atoms with van der Waals surface area (Å²) in [6, 6.07) is 5.47. The molecule has 0 unspecified atom stereocenters. The normalized spacial score (nSPS) is 23.1. The maximum atomic E-state index is 14.9. The smallest absolute Gasteiger partial charge is 0.255 e. The zero-order valence-electron chi connectivity index (χ0n) is 20.5. The summed E-state index contributed by atoms with van der Waals surface area (Å²) in [5.74, 6) is 0.799. The summed E-state index contributed by atoms with van der Waals surface area (Å²) in [6.07, 6.45) is 1.22. The van der Waals surface area contributed by atoms with E-state index in [4.69, 9.17) is 9.72 Å². The van der Waals surface area contributed by atoms with Crippen LogP contribution in [0.25, 0.3) is 16.8 Å². The van der Waals surface area contributed by atoms with Gasteiger partial charge < -0.3 is 15.0 Å². The lowest BCUT2D eigenvalue weighted by Crippen LogP contribution is -2.57. The molecule has 2 fully saturated rings. The van der Waals surface area contributed by atoms with Crippen LogP contribution in [0, 0.1) is 0 Å². The van der Waals surface area contributed by atoms with Crippen molar-refractivity contribution in [1.82, 2.24) is 24.5 Å². The lowest BCUT2D eigenvalue weighted by atomic mass is 10.0. The van der Waals surface area contributed by atoms with E-state index in [-0.39, 0.29) is 6.04 Å². The van der Waals surface area contributed by atoms with E-state index in [9.17, 15) is 13.2 Å². The summed E-state index contributed by atoms with van der Waals surface area (Å²) in [5.41, 5.74) is 3.57. The molecule has 1 N–H and O–H groups in total. The van der Waals surface area contributed by atoms with Crippen LogP contribution in [0.4, 0.5) is 30.6 Å². The second kappa shape index (κ2) is 9.90. The minimum Gasteiger partial charge on any atom is -0.378 e. The van der Waals surface area contributed by atoms with Crippen molar-refractivity contribution in [3.8, 4) is 11.3 Å². The molecule has 0 radical (unpaired) electrons. The largest absolute Gasteiger partial charge is 0.378 e. The van der Waals surface area contributed by atoms with Crippen molar-refractivity contribution < 1.29 is 17.9 Å². The van der Waals surface area contributed by atoms with E-state index in [1.54, 1.807) is 21.8 Å². The Balaban J connectivity index is 1.22. The molecule has 2 atom stereocenters. The van der Waals surface area contributed by atoms with Crippen LogP contribution in [0.2, 0.25) is 0 Å². The van der Waals surface area contributed by atoms with Gasteiger partial charge in [0.2, 0.25) is 5.95 Å². The number of fused-ring (bicyclic) bond motifs is 2. The molecule has 3 aromatic heterocycles. The van der Waals surface area contributed by atoms with Gasteiger partial charge in [0.25, 0.3) is 6.43 Å². The van der Waals surface area contributed by atoms with Gasteiger partial charge >= 0.3 is 0 Å². The average molecular weight is 515 g/mol. The number of nitrogens with one attached hydrogen (secondary N) is 1. The Kier molecular flexibility index (Phi) is 6.45. The number of rotatable bonds is 6. The van der Waals surface area contributed by atoms with E-state index in [2.05, 4.69) is 25.3 Å². The van der Waals surface area contributed by atoms with Crippen molar-refractivity contribution in [3.63, 3.8) is 0 Å². The fraction of sp³-hybridized carbons (Fsp3) is 0.520. The fourth-order valence-corrected chi connectivity index (χ4v) is 5.13. The van der Waals surface area contributed by atoms with Gasteiger partial charge in [0, 0.05) is 43.5 Å². The molecule has 3 aliphatic rings. The van der Waals surface area contributed by atoms with Gasteiger partial charge in [-0.05, 0) is 31.5 Å². The highest BCUT2D eigenvalue weighted by Crippen LogP contribution is 2.34. The number of alkyl halides is 3. The quantitative estimate of drug-likeness (QED) is 0.539. The first-order chi connectivity index (χ1) is 17.9. The van der Waals surface area contributed by atoms with Crippen molar-refractivity contribution in [2.24, 2.45) is 4.99 Å². The van der Waals surface area contributed by atoms with E-state index in [1.165, 1.54) is 0 Å². The Hall–Kier alpha value is -3.25. The SMILES string of the molecule is CC1=Nc2ccc(-c3ccn4nc(N[C@@H]5CCN(C6COC6)C[C@@H]5F)ncc34)nc2N(CC(F)F)CC1. The van der Waals surface area contributed by atoms with Crippen LogP contribution in [0.5, 0.6) is 0 Å². The van der Waals surface area contributed by atoms with Gasteiger partial charge in [0.15, 0.2) is 5.82 Å². The van der Waals surface area contributed by atoms with Crippen molar-refractivity contribution in [2.75, 3.05) is 49.6 Å². The topological polar surface area (TPSA) is 83.2 Å². The van der Waals surface area contributed by atoms with Gasteiger partial charge in [-0.3, -0.25) is 9.89 Å². The first kappa shape index (κ1) is 24.1. The van der Waals surface area contributed by atoms with Gasteiger partial charge in [-0.25, -0.2) is 27.7 Å². The molecule has 12 heteroatoms. The van der Waals surface area contributed by atoms with Gasteiger partial charge in [-0.15, -0.1) is 5.10 Å². The molecular weight excluding hydrogens is 485 g/mol. The summed E-state index contributed by atoms with van der Waals surface area (Å²) in [4.78, 5) is 17.5. The number of anilines is 2. The first-order valence-electron chi connectivity index (χ1n) is 12.6. The van der Waals surface area contributed by atoms with Crippen LogP contribution in [0.1, 0.15) is 19.8 Å². The second-order valence-electron chi connectivity index (χ2n) is 9.86. The molecule has 3 aliphatic heterocycles. The number of piperidine rings is 1. The predicted octanol–water partition coefficient (Wildman–Crippen LogP) is 3.58. The minimum absolute atomic E-state index is 0.324. The van der Waals surface area contributed by atoms with E-state index < -0.39 is 19.1 Å². The van der Waals surface area contributed by atoms with Crippen molar-refractivity contribution in [2.45, 2.75) is 44.4 Å². The summed E-state index contributed by atoms with van der Waals surface area (Å²) < 4.78 is 48.3. The molecule has 0 amide bonds. The highest BCUT2D eigenvalue weighted by molar-refractivity contribution is 5.89. The van der Waals surface area contributed by atoms with Crippen LogP contribution in [-0.4, -0.2) is 94.3 Å². The number of nitrogens with zero attached hydrogens (tertiary/aromatic N) is 7. The van der Waals surface area contributed by atoms with Gasteiger partial charge in [0.05, 0.1) is 49.2 Å². The third-order valence-corrected chi connectivity index (χ3v) is 7.28. The number of likely N-dealkylation sites (tertiary alicyclic amines) is 1. The van der Waals surface area contributed by atoms with Crippen molar-refractivity contribution in [1.29, 1.82) is 0 Å². The number of hydrogen-bond donors (Lipinski definition) is 1. The Labute approximate surface area is 212 Å². The molecule has 0 aliphatic carbocycles. The Morgan fingerprint density at radius 3 is 2.81 bits per heavy atom. The number of pyridine rings is 1. The molecule has 6 rings (SSSR count). The Bertz CT molecular complexity index is 1310. The molecule has 37 heavy (non-hydrogen) atoms. The number of halogens is 3. The molecule has 3 aromatic rings. The lowest BCUT2D eigenvalue weighted by Gasteiger charge is -2.42. The van der Waals surface area contributed by atoms with E-state index in [0.717, 1.165) is 17.8 Å². The maximum absolute atomic E-state index is 14.9. The molecule has 0 aromatic carbocycles. The molecule has 9 nitrogen and oxygen atoms in total. The van der Waals surface area contributed by atoms with Gasteiger partial charge in [-0.1, -0.05) is 0 Å². The third-order valence-electron chi connectivity index (χ3n) is 7.28.